The van der Waals surface area contributed by atoms with Crippen LogP contribution in [-0.4, -0.2) is 28.9 Å². The van der Waals surface area contributed by atoms with E-state index in [2.05, 4.69) is 5.32 Å². The molecule has 15 heavy (non-hydrogen) atoms. The third-order valence-electron chi connectivity index (χ3n) is 2.83. The maximum atomic E-state index is 11.6. The van der Waals surface area contributed by atoms with Gasteiger partial charge < -0.3 is 16.2 Å². The number of carbonyl (C=O) groups is 3. The summed E-state index contributed by atoms with van der Waals surface area (Å²) in [7, 11) is 0. The molecule has 6 heteroatoms. The van der Waals surface area contributed by atoms with Crippen LogP contribution in [0.15, 0.2) is 0 Å². The first kappa shape index (κ1) is 11.5. The summed E-state index contributed by atoms with van der Waals surface area (Å²) in [5.74, 6) is -2.43. The van der Waals surface area contributed by atoms with Crippen LogP contribution in [-0.2, 0) is 14.4 Å². The smallest absolute Gasteiger partial charge is 0.319 e. The molecule has 0 aromatic rings. The zero-order valence-corrected chi connectivity index (χ0v) is 8.45. The second-order valence-electron chi connectivity index (χ2n) is 3.84. The van der Waals surface area contributed by atoms with Crippen LogP contribution in [0.3, 0.4) is 0 Å². The number of hydrogen-bond acceptors (Lipinski definition) is 3. The van der Waals surface area contributed by atoms with Gasteiger partial charge in [0.15, 0.2) is 0 Å². The van der Waals surface area contributed by atoms with E-state index in [9.17, 15) is 14.4 Å². The van der Waals surface area contributed by atoms with Crippen LogP contribution in [0.1, 0.15) is 26.2 Å². The summed E-state index contributed by atoms with van der Waals surface area (Å²) in [5.41, 5.74) is 3.62. The number of carboxylic acid groups (broad SMARTS) is 1. The fraction of sp³-hybridized carbons (Fsp3) is 0.667. The molecule has 0 heterocycles. The van der Waals surface area contributed by atoms with Crippen molar-refractivity contribution in [2.75, 3.05) is 0 Å². The Bertz CT molecular complexity index is 309. The zero-order chi connectivity index (χ0) is 11.6. The molecule has 1 rings (SSSR count). The van der Waals surface area contributed by atoms with Gasteiger partial charge in [-0.1, -0.05) is 6.42 Å². The number of carbonyl (C=O) groups excluding carboxylic acids is 2. The van der Waals surface area contributed by atoms with Gasteiger partial charge in [-0.3, -0.25) is 14.4 Å². The summed E-state index contributed by atoms with van der Waals surface area (Å²) in [6.45, 7) is 1.43. The molecular weight excluding hydrogens is 200 g/mol. The van der Waals surface area contributed by atoms with E-state index in [1.54, 1.807) is 0 Å². The Morgan fingerprint density at radius 3 is 2.20 bits per heavy atom. The van der Waals surface area contributed by atoms with Crippen molar-refractivity contribution in [1.82, 2.24) is 5.32 Å². The number of amides is 2. The minimum absolute atomic E-state index is 0.319. The van der Waals surface area contributed by atoms with Gasteiger partial charge in [-0.15, -0.1) is 0 Å². The molecule has 84 valence electrons. The van der Waals surface area contributed by atoms with Crippen molar-refractivity contribution >= 4 is 17.8 Å². The molecule has 2 amide bonds. The van der Waals surface area contributed by atoms with Crippen LogP contribution in [0.4, 0.5) is 0 Å². The Morgan fingerprint density at radius 1 is 1.40 bits per heavy atom. The van der Waals surface area contributed by atoms with Gasteiger partial charge >= 0.3 is 5.97 Å². The second-order valence-corrected chi connectivity index (χ2v) is 3.84. The first-order valence-corrected chi connectivity index (χ1v) is 4.74. The minimum Gasteiger partial charge on any atom is -0.480 e. The van der Waals surface area contributed by atoms with Crippen molar-refractivity contribution in [3.05, 3.63) is 0 Å². The standard InChI is InChI=1S/C9H14N2O4/c1-5(6(10)12)11-7(13)9(8(14)15)3-2-4-9/h5H,2-4H2,1H3,(H2,10,12)(H,11,13)(H,14,15). The van der Waals surface area contributed by atoms with E-state index in [1.165, 1.54) is 6.92 Å². The third kappa shape index (κ3) is 1.93. The molecule has 1 atom stereocenters. The molecule has 1 unspecified atom stereocenters. The van der Waals surface area contributed by atoms with E-state index < -0.39 is 29.2 Å². The Hall–Kier alpha value is -1.59. The van der Waals surface area contributed by atoms with Crippen LogP contribution >= 0.6 is 0 Å². The molecule has 0 spiro atoms. The Balaban J connectivity index is 2.67. The van der Waals surface area contributed by atoms with Crippen LogP contribution in [0, 0.1) is 5.41 Å². The van der Waals surface area contributed by atoms with E-state index in [0.717, 1.165) is 0 Å². The Morgan fingerprint density at radius 2 is 1.93 bits per heavy atom. The van der Waals surface area contributed by atoms with Gasteiger partial charge in [-0.2, -0.15) is 0 Å². The lowest BCUT2D eigenvalue weighted by Gasteiger charge is -2.36. The molecule has 4 N–H and O–H groups in total. The summed E-state index contributed by atoms with van der Waals surface area (Å²) in [4.78, 5) is 33.2. The van der Waals surface area contributed by atoms with Gasteiger partial charge in [-0.25, -0.2) is 0 Å². The van der Waals surface area contributed by atoms with Crippen molar-refractivity contribution in [3.63, 3.8) is 0 Å². The van der Waals surface area contributed by atoms with E-state index in [4.69, 9.17) is 10.8 Å². The number of hydrogen-bond donors (Lipinski definition) is 3. The highest BCUT2D eigenvalue weighted by Gasteiger charge is 2.51. The van der Waals surface area contributed by atoms with E-state index in [0.29, 0.717) is 19.3 Å². The highest BCUT2D eigenvalue weighted by molar-refractivity contribution is 6.04. The maximum Gasteiger partial charge on any atom is 0.319 e. The molecule has 6 nitrogen and oxygen atoms in total. The topological polar surface area (TPSA) is 109 Å². The van der Waals surface area contributed by atoms with Gasteiger partial charge in [0.2, 0.25) is 11.8 Å². The molecule has 0 aromatic heterocycles. The monoisotopic (exact) mass is 214 g/mol. The number of rotatable bonds is 4. The average Bonchev–Trinajstić information content (AvgIpc) is 2.00. The molecule has 0 aliphatic heterocycles. The number of carboxylic acids is 1. The SMILES string of the molecule is CC(NC(=O)C1(C(=O)O)CCC1)C(N)=O. The zero-order valence-electron chi connectivity index (χ0n) is 8.45. The van der Waals surface area contributed by atoms with Crippen LogP contribution in [0.25, 0.3) is 0 Å². The average molecular weight is 214 g/mol. The molecule has 0 aromatic carbocycles. The Labute approximate surface area is 86.8 Å². The predicted molar refractivity (Wildman–Crippen MR) is 50.7 cm³/mol. The molecular formula is C9H14N2O4. The second kappa shape index (κ2) is 3.88. The summed E-state index contributed by atoms with van der Waals surface area (Å²) >= 11 is 0. The molecule has 1 aliphatic carbocycles. The lowest BCUT2D eigenvalue weighted by Crippen LogP contribution is -2.55. The summed E-state index contributed by atoms with van der Waals surface area (Å²) in [5, 5.41) is 11.2. The predicted octanol–water partition coefficient (Wildman–Crippen LogP) is -0.769. The van der Waals surface area contributed by atoms with Crippen molar-refractivity contribution in [2.24, 2.45) is 11.1 Å². The molecule has 1 saturated carbocycles. The summed E-state index contributed by atoms with van der Waals surface area (Å²) < 4.78 is 0. The van der Waals surface area contributed by atoms with Crippen molar-refractivity contribution < 1.29 is 19.5 Å². The number of nitrogens with one attached hydrogen (secondary N) is 1. The lowest BCUT2D eigenvalue weighted by molar-refractivity contribution is -0.162. The largest absolute Gasteiger partial charge is 0.480 e. The van der Waals surface area contributed by atoms with Gasteiger partial charge in [-0.05, 0) is 19.8 Å². The van der Waals surface area contributed by atoms with Crippen molar-refractivity contribution in [2.45, 2.75) is 32.2 Å². The molecule has 0 radical (unpaired) electrons. The molecule has 0 saturated heterocycles. The van der Waals surface area contributed by atoms with Gasteiger partial charge in [0.25, 0.3) is 0 Å². The van der Waals surface area contributed by atoms with Crippen molar-refractivity contribution in [1.29, 1.82) is 0 Å². The van der Waals surface area contributed by atoms with E-state index >= 15 is 0 Å². The van der Waals surface area contributed by atoms with E-state index in [-0.39, 0.29) is 0 Å². The highest BCUT2D eigenvalue weighted by atomic mass is 16.4. The van der Waals surface area contributed by atoms with Gasteiger partial charge in [0.1, 0.15) is 11.5 Å². The van der Waals surface area contributed by atoms with Crippen molar-refractivity contribution in [3.8, 4) is 0 Å². The molecule has 0 bridgehead atoms. The molecule has 1 fully saturated rings. The highest BCUT2D eigenvalue weighted by Crippen LogP contribution is 2.41. The normalized spacial score (nSPS) is 19.8. The Kier molecular flexibility index (Phi) is 2.97. The fourth-order valence-electron chi connectivity index (χ4n) is 1.47. The summed E-state index contributed by atoms with van der Waals surface area (Å²) in [6, 6.07) is -0.839. The number of primary amides is 1. The van der Waals surface area contributed by atoms with Crippen LogP contribution < -0.4 is 11.1 Å². The quantitative estimate of drug-likeness (QED) is 0.534. The summed E-state index contributed by atoms with van der Waals surface area (Å²) in [6.07, 6.45) is 1.35. The first-order chi connectivity index (χ1) is 6.90. The lowest BCUT2D eigenvalue weighted by atomic mass is 9.68. The number of aliphatic carboxylic acids is 1. The minimum atomic E-state index is -1.34. The van der Waals surface area contributed by atoms with Crippen LogP contribution in [0.2, 0.25) is 0 Å². The van der Waals surface area contributed by atoms with E-state index in [1.807, 2.05) is 0 Å². The molecule has 1 aliphatic rings. The third-order valence-corrected chi connectivity index (χ3v) is 2.83. The fourth-order valence-corrected chi connectivity index (χ4v) is 1.47. The number of nitrogens with two attached hydrogens (primary N) is 1. The maximum absolute atomic E-state index is 11.6. The first-order valence-electron chi connectivity index (χ1n) is 4.74. The van der Waals surface area contributed by atoms with Gasteiger partial charge in [0.05, 0.1) is 0 Å². The van der Waals surface area contributed by atoms with Gasteiger partial charge in [0, 0.05) is 0 Å². The van der Waals surface area contributed by atoms with Crippen LogP contribution in [0.5, 0.6) is 0 Å².